The molecule has 0 radical (unpaired) electrons. The summed E-state index contributed by atoms with van der Waals surface area (Å²) in [4.78, 5) is 11.4. The van der Waals surface area contributed by atoms with Crippen molar-refractivity contribution in [1.82, 2.24) is 5.32 Å². The number of aryl methyl sites for hydroxylation is 2. The Balaban J connectivity index is 0.00000289. The minimum Gasteiger partial charge on any atom is -0.352 e. The van der Waals surface area contributed by atoms with Crippen LogP contribution in [0.3, 0.4) is 0 Å². The minimum atomic E-state index is -0.448. The van der Waals surface area contributed by atoms with Crippen LogP contribution in [0.25, 0.3) is 0 Å². The van der Waals surface area contributed by atoms with Gasteiger partial charge in [-0.2, -0.15) is 0 Å². The quantitative estimate of drug-likeness (QED) is 0.881. The van der Waals surface area contributed by atoms with E-state index in [1.54, 1.807) is 6.92 Å². The second kappa shape index (κ2) is 7.39. The minimum absolute atomic E-state index is 0. The second-order valence-electron chi connectivity index (χ2n) is 4.83. The molecule has 1 amide bonds. The Hall–Kier alpha value is -1.06. The van der Waals surface area contributed by atoms with Crippen LogP contribution in [0.1, 0.15) is 30.5 Å². The van der Waals surface area contributed by atoms with Crippen LogP contribution in [0.5, 0.6) is 0 Å². The fourth-order valence-electron chi connectivity index (χ4n) is 1.83. The van der Waals surface area contributed by atoms with Gasteiger partial charge < -0.3 is 11.1 Å². The van der Waals surface area contributed by atoms with Gasteiger partial charge in [0.25, 0.3) is 0 Å². The molecule has 1 aromatic carbocycles. The van der Waals surface area contributed by atoms with E-state index in [4.69, 9.17) is 5.73 Å². The molecule has 0 saturated carbocycles. The van der Waals surface area contributed by atoms with Gasteiger partial charge in [-0.1, -0.05) is 23.8 Å². The summed E-state index contributed by atoms with van der Waals surface area (Å²) in [5.74, 6) is -0.0951. The summed E-state index contributed by atoms with van der Waals surface area (Å²) >= 11 is 0. The molecule has 3 N–H and O–H groups in total. The van der Waals surface area contributed by atoms with Crippen molar-refractivity contribution in [1.29, 1.82) is 0 Å². The molecule has 1 aromatic rings. The lowest BCUT2D eigenvalue weighted by atomic mass is 10.00. The number of rotatable bonds is 4. The first-order chi connectivity index (χ1) is 7.90. The molecule has 0 aliphatic carbocycles. The van der Waals surface area contributed by atoms with Gasteiger partial charge in [0, 0.05) is 6.04 Å². The highest BCUT2D eigenvalue weighted by Gasteiger charge is 2.12. The number of carbonyl (C=O) groups excluding carboxylic acids is 1. The van der Waals surface area contributed by atoms with E-state index in [0.717, 1.165) is 6.42 Å². The summed E-state index contributed by atoms with van der Waals surface area (Å²) in [6.45, 7) is 7.87. The maximum atomic E-state index is 11.4. The second-order valence-corrected chi connectivity index (χ2v) is 4.83. The smallest absolute Gasteiger partial charge is 0.236 e. The molecule has 3 nitrogen and oxygen atoms in total. The van der Waals surface area contributed by atoms with Gasteiger partial charge in [-0.05, 0) is 45.2 Å². The number of amides is 1. The third-order valence-corrected chi connectivity index (χ3v) is 2.83. The highest BCUT2D eigenvalue weighted by molar-refractivity contribution is 5.85. The summed E-state index contributed by atoms with van der Waals surface area (Å²) in [5, 5.41) is 2.91. The number of nitrogens with one attached hydrogen (secondary N) is 1. The first kappa shape index (κ1) is 16.9. The monoisotopic (exact) mass is 270 g/mol. The number of nitrogens with two attached hydrogens (primary N) is 1. The van der Waals surface area contributed by atoms with E-state index >= 15 is 0 Å². The van der Waals surface area contributed by atoms with Gasteiger partial charge in [-0.3, -0.25) is 4.79 Å². The van der Waals surface area contributed by atoms with Crippen molar-refractivity contribution in [3.05, 3.63) is 34.9 Å². The molecule has 2 atom stereocenters. The zero-order valence-electron chi connectivity index (χ0n) is 11.5. The van der Waals surface area contributed by atoms with Crippen LogP contribution in [0.15, 0.2) is 18.2 Å². The Morgan fingerprint density at radius 2 is 1.94 bits per heavy atom. The molecule has 1 rings (SSSR count). The molecule has 0 aliphatic rings. The van der Waals surface area contributed by atoms with Crippen LogP contribution < -0.4 is 11.1 Å². The maximum absolute atomic E-state index is 11.4. The van der Waals surface area contributed by atoms with E-state index in [2.05, 4.69) is 37.4 Å². The van der Waals surface area contributed by atoms with E-state index < -0.39 is 6.04 Å². The fourth-order valence-corrected chi connectivity index (χ4v) is 1.83. The molecule has 102 valence electrons. The van der Waals surface area contributed by atoms with Crippen molar-refractivity contribution >= 4 is 18.3 Å². The fraction of sp³-hybridized carbons (Fsp3) is 0.500. The van der Waals surface area contributed by atoms with E-state index in [1.165, 1.54) is 16.7 Å². The molecule has 0 fully saturated rings. The van der Waals surface area contributed by atoms with Gasteiger partial charge in [-0.15, -0.1) is 12.4 Å². The topological polar surface area (TPSA) is 55.1 Å². The van der Waals surface area contributed by atoms with Gasteiger partial charge in [0.05, 0.1) is 6.04 Å². The van der Waals surface area contributed by atoms with Crippen LogP contribution >= 0.6 is 12.4 Å². The molecule has 1 unspecified atom stereocenters. The number of halogens is 1. The average Bonchev–Trinajstić information content (AvgIpc) is 2.22. The number of hydrogen-bond acceptors (Lipinski definition) is 2. The standard InChI is InChI=1S/C14H22N2O.ClH/c1-9-5-6-13(10(2)7-9)8-11(3)16-14(17)12(4)15;/h5-7,11-12H,8,15H2,1-4H3,(H,16,17);1H/t11?,12-;/m0./s1. The lowest BCUT2D eigenvalue weighted by Gasteiger charge is -2.17. The normalized spacial score (nSPS) is 13.4. The zero-order valence-corrected chi connectivity index (χ0v) is 12.3. The van der Waals surface area contributed by atoms with Crippen molar-refractivity contribution in [2.45, 2.75) is 46.2 Å². The summed E-state index contributed by atoms with van der Waals surface area (Å²) in [6.07, 6.45) is 0.838. The molecule has 0 spiro atoms. The highest BCUT2D eigenvalue weighted by atomic mass is 35.5. The molecule has 0 aromatic heterocycles. The van der Waals surface area contributed by atoms with Crippen LogP contribution in [-0.2, 0) is 11.2 Å². The number of benzene rings is 1. The van der Waals surface area contributed by atoms with Gasteiger partial charge in [0.2, 0.25) is 5.91 Å². The molecule has 0 bridgehead atoms. The molecule has 4 heteroatoms. The van der Waals surface area contributed by atoms with Crippen molar-refractivity contribution < 1.29 is 4.79 Å². The van der Waals surface area contributed by atoms with Crippen LogP contribution in [-0.4, -0.2) is 18.0 Å². The van der Waals surface area contributed by atoms with Crippen LogP contribution in [0.2, 0.25) is 0 Å². The van der Waals surface area contributed by atoms with Crippen LogP contribution in [0.4, 0.5) is 0 Å². The Kier molecular flexibility index (Phi) is 6.96. The summed E-state index contributed by atoms with van der Waals surface area (Å²) in [7, 11) is 0. The summed E-state index contributed by atoms with van der Waals surface area (Å²) in [5.41, 5.74) is 9.32. The average molecular weight is 271 g/mol. The lowest BCUT2D eigenvalue weighted by molar-refractivity contribution is -0.122. The number of hydrogen-bond donors (Lipinski definition) is 2. The van der Waals surface area contributed by atoms with Crippen molar-refractivity contribution in [3.63, 3.8) is 0 Å². The Morgan fingerprint density at radius 1 is 1.33 bits per heavy atom. The SMILES string of the molecule is Cc1ccc(CC(C)NC(=O)[C@H](C)N)c(C)c1.Cl. The molecular weight excluding hydrogens is 248 g/mol. The molecule has 0 saturated heterocycles. The van der Waals surface area contributed by atoms with E-state index in [-0.39, 0.29) is 24.4 Å². The largest absolute Gasteiger partial charge is 0.352 e. The lowest BCUT2D eigenvalue weighted by Crippen LogP contribution is -2.43. The summed E-state index contributed by atoms with van der Waals surface area (Å²) < 4.78 is 0. The predicted octanol–water partition coefficient (Wildman–Crippen LogP) is 2.12. The Bertz CT molecular complexity index is 405. The third-order valence-electron chi connectivity index (χ3n) is 2.83. The van der Waals surface area contributed by atoms with Crippen molar-refractivity contribution in [2.75, 3.05) is 0 Å². The van der Waals surface area contributed by atoms with Crippen molar-refractivity contribution in [2.24, 2.45) is 5.73 Å². The molecule has 0 aliphatic heterocycles. The zero-order chi connectivity index (χ0) is 13.0. The third kappa shape index (κ3) is 5.07. The maximum Gasteiger partial charge on any atom is 0.236 e. The highest BCUT2D eigenvalue weighted by Crippen LogP contribution is 2.12. The van der Waals surface area contributed by atoms with Gasteiger partial charge in [-0.25, -0.2) is 0 Å². The Labute approximate surface area is 116 Å². The van der Waals surface area contributed by atoms with Gasteiger partial charge in [0.1, 0.15) is 0 Å². The van der Waals surface area contributed by atoms with E-state index in [1.807, 2.05) is 6.92 Å². The van der Waals surface area contributed by atoms with Crippen molar-refractivity contribution in [3.8, 4) is 0 Å². The summed E-state index contributed by atoms with van der Waals surface area (Å²) in [6, 6.07) is 6.04. The number of carbonyl (C=O) groups is 1. The first-order valence-corrected chi connectivity index (χ1v) is 6.02. The predicted molar refractivity (Wildman–Crippen MR) is 78.1 cm³/mol. The Morgan fingerprint density at radius 3 is 2.44 bits per heavy atom. The van der Waals surface area contributed by atoms with Gasteiger partial charge in [0.15, 0.2) is 0 Å². The first-order valence-electron chi connectivity index (χ1n) is 6.02. The molecule has 0 heterocycles. The molecule has 18 heavy (non-hydrogen) atoms. The van der Waals surface area contributed by atoms with E-state index in [9.17, 15) is 4.79 Å². The van der Waals surface area contributed by atoms with Gasteiger partial charge >= 0.3 is 0 Å². The molecular formula is C14H23ClN2O. The van der Waals surface area contributed by atoms with Crippen LogP contribution in [0, 0.1) is 13.8 Å². The van der Waals surface area contributed by atoms with E-state index in [0.29, 0.717) is 0 Å².